The minimum absolute atomic E-state index is 0. The summed E-state index contributed by atoms with van der Waals surface area (Å²) in [6, 6.07) is -0.0735. The predicted molar refractivity (Wildman–Crippen MR) is 80.6 cm³/mol. The molecule has 1 fully saturated rings. The zero-order valence-corrected chi connectivity index (χ0v) is 13.1. The molecule has 1 saturated heterocycles. The number of likely N-dealkylation sites (tertiary alicyclic amines) is 1. The highest BCUT2D eigenvalue weighted by molar-refractivity contribution is 5.85. The van der Waals surface area contributed by atoms with Crippen LogP contribution < -0.4 is 11.1 Å². The number of nitrogens with zero attached hydrogens (tertiary/aromatic N) is 1. The third-order valence-electron chi connectivity index (χ3n) is 2.97. The number of piperidine rings is 1. The molecule has 1 aliphatic rings. The Bertz CT molecular complexity index is 229. The summed E-state index contributed by atoms with van der Waals surface area (Å²) in [5.41, 5.74) is 5.52. The van der Waals surface area contributed by atoms with Crippen LogP contribution in [0.4, 0.5) is 0 Å². The maximum absolute atomic E-state index is 11.4. The SMILES string of the molecule is CC(C)CN1CCC(NC(=O)[C@@H](C)N)CC1.Cl.Cl. The molecule has 0 unspecified atom stereocenters. The molecule has 0 saturated carbocycles. The number of nitrogens with one attached hydrogen (secondary N) is 1. The van der Waals surface area contributed by atoms with Gasteiger partial charge < -0.3 is 16.0 Å². The van der Waals surface area contributed by atoms with Crippen molar-refractivity contribution in [2.75, 3.05) is 19.6 Å². The van der Waals surface area contributed by atoms with Crippen LogP contribution in [0, 0.1) is 5.92 Å². The minimum atomic E-state index is -0.395. The van der Waals surface area contributed by atoms with E-state index in [1.165, 1.54) is 0 Å². The van der Waals surface area contributed by atoms with Crippen molar-refractivity contribution < 1.29 is 4.79 Å². The molecule has 0 radical (unpaired) electrons. The first-order valence-corrected chi connectivity index (χ1v) is 6.27. The number of nitrogens with two attached hydrogens (primary N) is 1. The molecule has 0 spiro atoms. The molecule has 0 bridgehead atoms. The van der Waals surface area contributed by atoms with Crippen molar-refractivity contribution in [3.8, 4) is 0 Å². The van der Waals surface area contributed by atoms with Gasteiger partial charge in [-0.25, -0.2) is 0 Å². The quantitative estimate of drug-likeness (QED) is 0.825. The number of halogens is 2. The molecule has 1 atom stereocenters. The molecule has 1 amide bonds. The third kappa shape index (κ3) is 7.41. The Balaban J connectivity index is 0. The number of hydrogen-bond acceptors (Lipinski definition) is 3. The second-order valence-corrected chi connectivity index (χ2v) is 5.27. The molecule has 3 N–H and O–H groups in total. The summed E-state index contributed by atoms with van der Waals surface area (Å²) in [5.74, 6) is 0.692. The van der Waals surface area contributed by atoms with E-state index in [1.54, 1.807) is 6.92 Å². The second-order valence-electron chi connectivity index (χ2n) is 5.27. The van der Waals surface area contributed by atoms with Gasteiger partial charge in [0.1, 0.15) is 0 Å². The maximum Gasteiger partial charge on any atom is 0.236 e. The Morgan fingerprint density at radius 1 is 1.28 bits per heavy atom. The average molecular weight is 300 g/mol. The number of amides is 1. The summed E-state index contributed by atoms with van der Waals surface area (Å²) < 4.78 is 0. The van der Waals surface area contributed by atoms with Gasteiger partial charge in [-0.05, 0) is 25.7 Å². The van der Waals surface area contributed by atoms with Gasteiger partial charge in [0.25, 0.3) is 0 Å². The third-order valence-corrected chi connectivity index (χ3v) is 2.97. The van der Waals surface area contributed by atoms with E-state index in [2.05, 4.69) is 24.1 Å². The molecule has 0 aromatic carbocycles. The van der Waals surface area contributed by atoms with Gasteiger partial charge in [-0.1, -0.05) is 13.8 Å². The van der Waals surface area contributed by atoms with Gasteiger partial charge in [-0.2, -0.15) is 0 Å². The Morgan fingerprint density at radius 2 is 1.78 bits per heavy atom. The summed E-state index contributed by atoms with van der Waals surface area (Å²) >= 11 is 0. The standard InChI is InChI=1S/C12H25N3O.2ClH/c1-9(2)8-15-6-4-11(5-7-15)14-12(16)10(3)13;;/h9-11H,4-8,13H2,1-3H3,(H,14,16);2*1H/t10-;;/m1../s1. The highest BCUT2D eigenvalue weighted by Gasteiger charge is 2.21. The highest BCUT2D eigenvalue weighted by Crippen LogP contribution is 2.12. The van der Waals surface area contributed by atoms with Crippen LogP contribution in [-0.2, 0) is 4.79 Å². The number of rotatable bonds is 4. The summed E-state index contributed by atoms with van der Waals surface area (Å²) in [6.07, 6.45) is 2.09. The minimum Gasteiger partial charge on any atom is -0.352 e. The van der Waals surface area contributed by atoms with Crippen LogP contribution in [0.3, 0.4) is 0 Å². The summed E-state index contributed by atoms with van der Waals surface area (Å²) in [6.45, 7) is 9.54. The van der Waals surface area contributed by atoms with Gasteiger partial charge in [0, 0.05) is 25.7 Å². The smallest absolute Gasteiger partial charge is 0.236 e. The van der Waals surface area contributed by atoms with E-state index in [4.69, 9.17) is 5.73 Å². The monoisotopic (exact) mass is 299 g/mol. The predicted octanol–water partition coefficient (Wildman–Crippen LogP) is 1.41. The second kappa shape index (κ2) is 9.84. The Kier molecular flexibility index (Phi) is 11.1. The zero-order valence-electron chi connectivity index (χ0n) is 11.5. The van der Waals surface area contributed by atoms with E-state index in [0.29, 0.717) is 6.04 Å². The van der Waals surface area contributed by atoms with Gasteiger partial charge in [0.2, 0.25) is 5.91 Å². The van der Waals surface area contributed by atoms with Crippen molar-refractivity contribution in [2.45, 2.75) is 45.7 Å². The summed E-state index contributed by atoms with van der Waals surface area (Å²) in [7, 11) is 0. The fraction of sp³-hybridized carbons (Fsp3) is 0.917. The molecule has 1 rings (SSSR count). The van der Waals surface area contributed by atoms with Gasteiger partial charge in [0.15, 0.2) is 0 Å². The molecule has 110 valence electrons. The first-order valence-electron chi connectivity index (χ1n) is 6.27. The van der Waals surface area contributed by atoms with Crippen molar-refractivity contribution in [3.05, 3.63) is 0 Å². The van der Waals surface area contributed by atoms with Crippen LogP contribution in [0.25, 0.3) is 0 Å². The molecule has 0 aliphatic carbocycles. The average Bonchev–Trinajstić information content (AvgIpc) is 2.20. The van der Waals surface area contributed by atoms with E-state index in [-0.39, 0.29) is 30.7 Å². The molecule has 0 aromatic heterocycles. The van der Waals surface area contributed by atoms with E-state index in [0.717, 1.165) is 38.4 Å². The lowest BCUT2D eigenvalue weighted by molar-refractivity contribution is -0.123. The summed E-state index contributed by atoms with van der Waals surface area (Å²) in [4.78, 5) is 13.9. The van der Waals surface area contributed by atoms with Crippen LogP contribution >= 0.6 is 24.8 Å². The Hall–Kier alpha value is -0.0300. The van der Waals surface area contributed by atoms with Crippen LogP contribution in [-0.4, -0.2) is 42.5 Å². The van der Waals surface area contributed by atoms with Crippen molar-refractivity contribution in [1.29, 1.82) is 0 Å². The van der Waals surface area contributed by atoms with Crippen molar-refractivity contribution in [2.24, 2.45) is 11.7 Å². The van der Waals surface area contributed by atoms with Crippen LogP contribution in [0.15, 0.2) is 0 Å². The van der Waals surface area contributed by atoms with Gasteiger partial charge in [-0.3, -0.25) is 4.79 Å². The largest absolute Gasteiger partial charge is 0.352 e. The number of carbonyl (C=O) groups is 1. The lowest BCUT2D eigenvalue weighted by Crippen LogP contribution is -2.49. The van der Waals surface area contributed by atoms with Crippen molar-refractivity contribution in [1.82, 2.24) is 10.2 Å². The van der Waals surface area contributed by atoms with Crippen LogP contribution in [0.1, 0.15) is 33.6 Å². The van der Waals surface area contributed by atoms with E-state index in [1.807, 2.05) is 0 Å². The lowest BCUT2D eigenvalue weighted by Gasteiger charge is -2.33. The molecular formula is C12H27Cl2N3O. The van der Waals surface area contributed by atoms with E-state index >= 15 is 0 Å². The number of carbonyl (C=O) groups excluding carboxylic acids is 1. The maximum atomic E-state index is 11.4. The fourth-order valence-electron chi connectivity index (χ4n) is 2.11. The lowest BCUT2D eigenvalue weighted by atomic mass is 10.0. The Labute approximate surface area is 123 Å². The van der Waals surface area contributed by atoms with Crippen LogP contribution in [0.5, 0.6) is 0 Å². The zero-order chi connectivity index (χ0) is 12.1. The molecular weight excluding hydrogens is 273 g/mol. The van der Waals surface area contributed by atoms with E-state index < -0.39 is 6.04 Å². The summed E-state index contributed by atoms with van der Waals surface area (Å²) in [5, 5.41) is 3.00. The first-order chi connectivity index (χ1) is 7.49. The molecule has 0 aromatic rings. The molecule has 6 heteroatoms. The van der Waals surface area contributed by atoms with Crippen molar-refractivity contribution >= 4 is 30.7 Å². The normalized spacial score (nSPS) is 18.7. The van der Waals surface area contributed by atoms with Gasteiger partial charge in [0.05, 0.1) is 6.04 Å². The molecule has 1 heterocycles. The van der Waals surface area contributed by atoms with Gasteiger partial charge in [-0.15, -0.1) is 24.8 Å². The Morgan fingerprint density at radius 3 is 2.17 bits per heavy atom. The van der Waals surface area contributed by atoms with Gasteiger partial charge >= 0.3 is 0 Å². The fourth-order valence-corrected chi connectivity index (χ4v) is 2.11. The van der Waals surface area contributed by atoms with Crippen molar-refractivity contribution in [3.63, 3.8) is 0 Å². The molecule has 18 heavy (non-hydrogen) atoms. The first kappa shape index (κ1) is 20.3. The molecule has 1 aliphatic heterocycles. The van der Waals surface area contributed by atoms with Crippen LogP contribution in [0.2, 0.25) is 0 Å². The topological polar surface area (TPSA) is 58.4 Å². The number of hydrogen-bond donors (Lipinski definition) is 2. The van der Waals surface area contributed by atoms with E-state index in [9.17, 15) is 4.79 Å². The molecule has 4 nitrogen and oxygen atoms in total. The highest BCUT2D eigenvalue weighted by atomic mass is 35.5.